The molecule has 7 heteroatoms. The number of amides is 1. The van der Waals surface area contributed by atoms with Crippen LogP contribution in [0.5, 0.6) is 0 Å². The van der Waals surface area contributed by atoms with Crippen LogP contribution >= 0.6 is 34.2 Å². The molecule has 1 amide bonds. The summed E-state index contributed by atoms with van der Waals surface area (Å²) in [5.41, 5.74) is 0.881. The summed E-state index contributed by atoms with van der Waals surface area (Å²) in [6, 6.07) is 10.9. The molecule has 2 aromatic rings. The Labute approximate surface area is 141 Å². The molecule has 0 saturated heterocycles. The molecule has 0 radical (unpaired) electrons. The first-order valence-corrected chi connectivity index (χ1v) is 8.82. The lowest BCUT2D eigenvalue weighted by Gasteiger charge is -2.09. The number of sulfonamides is 1. The van der Waals surface area contributed by atoms with E-state index in [1.165, 1.54) is 18.2 Å². The van der Waals surface area contributed by atoms with E-state index < -0.39 is 15.9 Å². The zero-order valence-corrected chi connectivity index (χ0v) is 14.7. The summed E-state index contributed by atoms with van der Waals surface area (Å²) in [5.74, 6) is -0.678. The first-order valence-electron chi connectivity index (χ1n) is 5.88. The second kappa shape index (κ2) is 6.33. The third-order valence-corrected chi connectivity index (χ3v) is 5.09. The van der Waals surface area contributed by atoms with Gasteiger partial charge in [-0.05, 0) is 77.5 Å². The second-order valence-corrected chi connectivity index (χ2v) is 7.71. The maximum atomic E-state index is 12.1. The molecule has 0 aliphatic rings. The number of benzene rings is 2. The fraction of sp³-hybridized carbons (Fsp3) is 0.0714. The predicted octanol–water partition coefficient (Wildman–Crippen LogP) is 3.37. The number of hydrogen-bond acceptors (Lipinski definition) is 3. The van der Waals surface area contributed by atoms with Gasteiger partial charge in [0.1, 0.15) is 0 Å². The van der Waals surface area contributed by atoms with Crippen LogP contribution in [0.1, 0.15) is 15.9 Å². The molecule has 0 spiro atoms. The van der Waals surface area contributed by atoms with E-state index in [2.05, 4.69) is 27.3 Å². The number of carbonyl (C=O) groups excluding carboxylic acids is 1. The quantitative estimate of drug-likeness (QED) is 0.752. The Morgan fingerprint density at radius 1 is 1.14 bits per heavy atom. The smallest absolute Gasteiger partial charge is 0.265 e. The van der Waals surface area contributed by atoms with E-state index in [1.807, 2.05) is 0 Å². The van der Waals surface area contributed by atoms with Crippen LogP contribution in [0.4, 0.5) is 0 Å². The number of rotatable bonds is 3. The molecule has 1 N–H and O–H groups in total. The summed E-state index contributed by atoms with van der Waals surface area (Å²) >= 11 is 7.89. The lowest BCUT2D eigenvalue weighted by molar-refractivity contribution is 0.0981. The van der Waals surface area contributed by atoms with Crippen molar-refractivity contribution in [3.63, 3.8) is 0 Å². The lowest BCUT2D eigenvalue weighted by atomic mass is 10.1. The standard InChI is InChI=1S/C14H11ClINO3S/c1-9-8-10(15)2-7-13(9)14(18)17-21(19,20)12-5-3-11(16)4-6-12/h2-8H,1H3,(H,17,18). The third-order valence-electron chi connectivity index (χ3n) is 2.78. The average molecular weight is 436 g/mol. The number of halogens is 2. The highest BCUT2D eigenvalue weighted by atomic mass is 127. The highest BCUT2D eigenvalue weighted by Crippen LogP contribution is 2.17. The van der Waals surface area contributed by atoms with Crippen LogP contribution in [-0.2, 0) is 10.0 Å². The summed E-state index contributed by atoms with van der Waals surface area (Å²) in [4.78, 5) is 12.1. The lowest BCUT2D eigenvalue weighted by Crippen LogP contribution is -2.31. The Balaban J connectivity index is 2.28. The van der Waals surface area contributed by atoms with Gasteiger partial charge in [-0.2, -0.15) is 0 Å². The number of nitrogens with one attached hydrogen (secondary N) is 1. The summed E-state index contributed by atoms with van der Waals surface area (Å²) in [5, 5.41) is 0.490. The molecule has 21 heavy (non-hydrogen) atoms. The van der Waals surface area contributed by atoms with Gasteiger partial charge in [0, 0.05) is 14.2 Å². The first kappa shape index (κ1) is 16.3. The molecular weight excluding hydrogens is 425 g/mol. The topological polar surface area (TPSA) is 63.2 Å². The van der Waals surface area contributed by atoms with Crippen molar-refractivity contribution in [2.75, 3.05) is 0 Å². The van der Waals surface area contributed by atoms with E-state index in [9.17, 15) is 13.2 Å². The normalized spacial score (nSPS) is 11.2. The summed E-state index contributed by atoms with van der Waals surface area (Å²) in [6.45, 7) is 1.69. The highest BCUT2D eigenvalue weighted by Gasteiger charge is 2.19. The van der Waals surface area contributed by atoms with Crippen molar-refractivity contribution in [3.05, 3.63) is 62.2 Å². The molecule has 0 bridgehead atoms. The van der Waals surface area contributed by atoms with E-state index in [0.717, 1.165) is 3.57 Å². The van der Waals surface area contributed by atoms with Gasteiger partial charge in [-0.25, -0.2) is 13.1 Å². The van der Waals surface area contributed by atoms with E-state index >= 15 is 0 Å². The van der Waals surface area contributed by atoms with Gasteiger partial charge in [-0.15, -0.1) is 0 Å². The minimum absolute atomic E-state index is 0.0443. The van der Waals surface area contributed by atoms with Crippen LogP contribution in [0.25, 0.3) is 0 Å². The van der Waals surface area contributed by atoms with Crippen molar-refractivity contribution in [2.24, 2.45) is 0 Å². The van der Waals surface area contributed by atoms with Gasteiger partial charge in [0.25, 0.3) is 15.9 Å². The minimum atomic E-state index is -3.89. The van der Waals surface area contributed by atoms with Crippen molar-refractivity contribution in [1.29, 1.82) is 0 Å². The fourth-order valence-corrected chi connectivity index (χ4v) is 3.28. The molecule has 2 rings (SSSR count). The van der Waals surface area contributed by atoms with Gasteiger partial charge in [-0.1, -0.05) is 11.6 Å². The summed E-state index contributed by atoms with van der Waals surface area (Å²) in [7, 11) is -3.89. The Kier molecular flexibility index (Phi) is 4.90. The molecule has 0 heterocycles. The Bertz CT molecular complexity index is 788. The maximum absolute atomic E-state index is 12.1. The van der Waals surface area contributed by atoms with Crippen LogP contribution in [0.15, 0.2) is 47.4 Å². The van der Waals surface area contributed by atoms with Crippen molar-refractivity contribution >= 4 is 50.1 Å². The van der Waals surface area contributed by atoms with Crippen molar-refractivity contribution in [2.45, 2.75) is 11.8 Å². The van der Waals surface area contributed by atoms with Gasteiger partial charge in [0.2, 0.25) is 0 Å². The van der Waals surface area contributed by atoms with Crippen LogP contribution in [0.3, 0.4) is 0 Å². The van der Waals surface area contributed by atoms with Gasteiger partial charge in [-0.3, -0.25) is 4.79 Å². The molecule has 4 nitrogen and oxygen atoms in total. The van der Waals surface area contributed by atoms with Crippen LogP contribution < -0.4 is 4.72 Å². The Morgan fingerprint density at radius 2 is 1.76 bits per heavy atom. The highest BCUT2D eigenvalue weighted by molar-refractivity contribution is 14.1. The van der Waals surface area contributed by atoms with Crippen LogP contribution in [0, 0.1) is 10.5 Å². The Hall–Kier alpha value is -1.12. The second-order valence-electron chi connectivity index (χ2n) is 4.35. The third kappa shape index (κ3) is 3.96. The van der Waals surface area contributed by atoms with Crippen molar-refractivity contribution in [3.8, 4) is 0 Å². The zero-order valence-electron chi connectivity index (χ0n) is 10.9. The molecule has 0 saturated carbocycles. The summed E-state index contributed by atoms with van der Waals surface area (Å²) in [6.07, 6.45) is 0. The number of carbonyl (C=O) groups is 1. The van der Waals surface area contributed by atoms with Gasteiger partial charge in [0.05, 0.1) is 4.90 Å². The van der Waals surface area contributed by atoms with Gasteiger partial charge >= 0.3 is 0 Å². The molecule has 0 atom stereocenters. The molecule has 0 unspecified atom stereocenters. The molecule has 0 fully saturated rings. The molecule has 0 aliphatic heterocycles. The Morgan fingerprint density at radius 3 is 2.33 bits per heavy atom. The predicted molar refractivity (Wildman–Crippen MR) is 90.0 cm³/mol. The molecule has 0 aromatic heterocycles. The van der Waals surface area contributed by atoms with Crippen LogP contribution in [0.2, 0.25) is 5.02 Å². The summed E-state index contributed by atoms with van der Waals surface area (Å²) < 4.78 is 27.3. The maximum Gasteiger partial charge on any atom is 0.265 e. The minimum Gasteiger partial charge on any atom is -0.268 e. The molecule has 0 aliphatic carbocycles. The molecule has 2 aromatic carbocycles. The largest absolute Gasteiger partial charge is 0.268 e. The van der Waals surface area contributed by atoms with Crippen LogP contribution in [-0.4, -0.2) is 14.3 Å². The van der Waals surface area contributed by atoms with E-state index in [-0.39, 0.29) is 10.5 Å². The number of aryl methyl sites for hydroxylation is 1. The van der Waals surface area contributed by atoms with E-state index in [4.69, 9.17) is 11.6 Å². The van der Waals surface area contributed by atoms with E-state index in [0.29, 0.717) is 10.6 Å². The fourth-order valence-electron chi connectivity index (χ4n) is 1.73. The SMILES string of the molecule is Cc1cc(Cl)ccc1C(=O)NS(=O)(=O)c1ccc(I)cc1. The van der Waals surface area contributed by atoms with Crippen molar-refractivity contribution in [1.82, 2.24) is 4.72 Å². The van der Waals surface area contributed by atoms with Gasteiger partial charge < -0.3 is 0 Å². The monoisotopic (exact) mass is 435 g/mol. The molecule has 110 valence electrons. The first-order chi connectivity index (χ1) is 9.79. The molecular formula is C14H11ClINO3S. The zero-order chi connectivity index (χ0) is 15.6. The van der Waals surface area contributed by atoms with E-state index in [1.54, 1.807) is 31.2 Å². The average Bonchev–Trinajstić information content (AvgIpc) is 2.38. The number of hydrogen-bond donors (Lipinski definition) is 1. The van der Waals surface area contributed by atoms with Gasteiger partial charge in [0.15, 0.2) is 0 Å². The van der Waals surface area contributed by atoms with Crippen molar-refractivity contribution < 1.29 is 13.2 Å².